The molecule has 0 unspecified atom stereocenters. The summed E-state index contributed by atoms with van der Waals surface area (Å²) in [6, 6.07) is 9.10. The predicted octanol–water partition coefficient (Wildman–Crippen LogP) is 3.10. The van der Waals surface area contributed by atoms with Crippen molar-refractivity contribution in [3.8, 4) is 11.3 Å². The molecule has 0 fully saturated rings. The van der Waals surface area contributed by atoms with E-state index in [4.69, 9.17) is 0 Å². The standard InChI is InChI=1S/C13H10FNO2.ClH/c1-17-13(16)10-6-7-15-12(8-10)9-2-4-11(14)5-3-9;/h2-8H,1H3;1H. The van der Waals surface area contributed by atoms with Crippen molar-refractivity contribution in [2.24, 2.45) is 0 Å². The molecule has 0 bridgehead atoms. The van der Waals surface area contributed by atoms with Crippen LogP contribution in [0.2, 0.25) is 0 Å². The largest absolute Gasteiger partial charge is 0.465 e. The Kier molecular flexibility index (Phi) is 4.80. The molecule has 1 heterocycles. The second-order valence-electron chi connectivity index (χ2n) is 3.43. The summed E-state index contributed by atoms with van der Waals surface area (Å²) in [5.74, 6) is -0.728. The number of aromatic nitrogens is 1. The van der Waals surface area contributed by atoms with E-state index in [-0.39, 0.29) is 18.2 Å². The second kappa shape index (κ2) is 6.12. The van der Waals surface area contributed by atoms with Crippen LogP contribution in [0.25, 0.3) is 11.3 Å². The van der Waals surface area contributed by atoms with Crippen LogP contribution in [0.4, 0.5) is 4.39 Å². The molecule has 0 atom stereocenters. The Balaban J connectivity index is 0.00000162. The van der Waals surface area contributed by atoms with Crippen LogP contribution >= 0.6 is 12.4 Å². The molecule has 0 saturated heterocycles. The molecule has 0 N–H and O–H groups in total. The minimum absolute atomic E-state index is 0. The van der Waals surface area contributed by atoms with Gasteiger partial charge in [-0.2, -0.15) is 0 Å². The van der Waals surface area contributed by atoms with Gasteiger partial charge in [0.05, 0.1) is 18.4 Å². The number of ether oxygens (including phenoxy) is 1. The fourth-order valence-electron chi connectivity index (χ4n) is 1.45. The SMILES string of the molecule is COC(=O)c1ccnc(-c2ccc(F)cc2)c1.Cl. The molecule has 2 aromatic rings. The summed E-state index contributed by atoms with van der Waals surface area (Å²) in [6.45, 7) is 0. The predicted molar refractivity (Wildman–Crippen MR) is 68.2 cm³/mol. The van der Waals surface area contributed by atoms with Crippen molar-refractivity contribution >= 4 is 18.4 Å². The smallest absolute Gasteiger partial charge is 0.337 e. The Labute approximate surface area is 110 Å². The van der Waals surface area contributed by atoms with Crippen molar-refractivity contribution in [3.63, 3.8) is 0 Å². The molecule has 0 amide bonds. The number of halogens is 2. The van der Waals surface area contributed by atoms with Gasteiger partial charge in [0, 0.05) is 11.8 Å². The first-order valence-electron chi connectivity index (χ1n) is 5.01. The zero-order valence-corrected chi connectivity index (χ0v) is 10.4. The molecule has 1 aromatic carbocycles. The van der Waals surface area contributed by atoms with E-state index in [9.17, 15) is 9.18 Å². The molecule has 2 rings (SSSR count). The number of rotatable bonds is 2. The Bertz CT molecular complexity index is 543. The first kappa shape index (κ1) is 14.1. The number of nitrogens with zero attached hydrogens (tertiary/aromatic N) is 1. The topological polar surface area (TPSA) is 39.2 Å². The van der Waals surface area contributed by atoms with Crippen molar-refractivity contribution < 1.29 is 13.9 Å². The maximum atomic E-state index is 12.8. The molecule has 1 aromatic heterocycles. The van der Waals surface area contributed by atoms with Crippen LogP contribution in [-0.2, 0) is 4.74 Å². The quantitative estimate of drug-likeness (QED) is 0.785. The van der Waals surface area contributed by atoms with E-state index >= 15 is 0 Å². The molecular formula is C13H11ClFNO2. The first-order valence-corrected chi connectivity index (χ1v) is 5.01. The van der Waals surface area contributed by atoms with Gasteiger partial charge in [-0.05, 0) is 36.4 Å². The van der Waals surface area contributed by atoms with E-state index in [2.05, 4.69) is 9.72 Å². The molecule has 18 heavy (non-hydrogen) atoms. The highest BCUT2D eigenvalue weighted by molar-refractivity contribution is 5.90. The highest BCUT2D eigenvalue weighted by atomic mass is 35.5. The number of hydrogen-bond acceptors (Lipinski definition) is 3. The average molecular weight is 268 g/mol. The first-order chi connectivity index (χ1) is 8.20. The highest BCUT2D eigenvalue weighted by Gasteiger charge is 2.07. The molecule has 0 aliphatic rings. The van der Waals surface area contributed by atoms with Gasteiger partial charge < -0.3 is 4.74 Å². The third kappa shape index (κ3) is 3.05. The number of hydrogen-bond donors (Lipinski definition) is 0. The minimum Gasteiger partial charge on any atom is -0.465 e. The van der Waals surface area contributed by atoms with Crippen molar-refractivity contribution in [2.45, 2.75) is 0 Å². The molecule has 0 radical (unpaired) electrons. The lowest BCUT2D eigenvalue weighted by atomic mass is 10.1. The van der Waals surface area contributed by atoms with E-state index in [1.54, 1.807) is 24.3 Å². The summed E-state index contributed by atoms with van der Waals surface area (Å²) in [5, 5.41) is 0. The monoisotopic (exact) mass is 267 g/mol. The lowest BCUT2D eigenvalue weighted by Crippen LogP contribution is -2.01. The van der Waals surface area contributed by atoms with Gasteiger partial charge in [0.1, 0.15) is 5.82 Å². The lowest BCUT2D eigenvalue weighted by molar-refractivity contribution is 0.0600. The maximum absolute atomic E-state index is 12.8. The Morgan fingerprint density at radius 1 is 1.22 bits per heavy atom. The van der Waals surface area contributed by atoms with E-state index in [0.717, 1.165) is 5.56 Å². The van der Waals surface area contributed by atoms with Gasteiger partial charge in [-0.1, -0.05) is 0 Å². The van der Waals surface area contributed by atoms with E-state index < -0.39 is 5.97 Å². The Morgan fingerprint density at radius 2 is 1.89 bits per heavy atom. The van der Waals surface area contributed by atoms with E-state index in [0.29, 0.717) is 11.3 Å². The minimum atomic E-state index is -0.421. The molecule has 0 aliphatic heterocycles. The molecule has 0 aliphatic carbocycles. The summed E-state index contributed by atoms with van der Waals surface area (Å²) >= 11 is 0. The molecule has 3 nitrogen and oxygen atoms in total. The van der Waals surface area contributed by atoms with Gasteiger partial charge in [0.15, 0.2) is 0 Å². The molecule has 0 spiro atoms. The van der Waals surface area contributed by atoms with Crippen LogP contribution in [0.3, 0.4) is 0 Å². The number of esters is 1. The van der Waals surface area contributed by atoms with E-state index in [1.165, 1.54) is 25.4 Å². The lowest BCUT2D eigenvalue weighted by Gasteiger charge is -2.03. The Morgan fingerprint density at radius 3 is 2.50 bits per heavy atom. The highest BCUT2D eigenvalue weighted by Crippen LogP contribution is 2.18. The molecular weight excluding hydrogens is 257 g/mol. The Hall–Kier alpha value is -1.94. The van der Waals surface area contributed by atoms with Crippen LogP contribution in [0.15, 0.2) is 42.6 Å². The van der Waals surface area contributed by atoms with Crippen LogP contribution in [-0.4, -0.2) is 18.1 Å². The van der Waals surface area contributed by atoms with Crippen molar-refractivity contribution in [1.29, 1.82) is 0 Å². The van der Waals surface area contributed by atoms with Gasteiger partial charge in [-0.25, -0.2) is 9.18 Å². The summed E-state index contributed by atoms with van der Waals surface area (Å²) in [5.41, 5.74) is 1.77. The third-order valence-corrected chi connectivity index (χ3v) is 2.32. The molecule has 5 heteroatoms. The summed E-state index contributed by atoms with van der Waals surface area (Å²) < 4.78 is 17.4. The zero-order valence-electron chi connectivity index (χ0n) is 9.59. The van der Waals surface area contributed by atoms with Gasteiger partial charge in [0.2, 0.25) is 0 Å². The average Bonchev–Trinajstić information content (AvgIpc) is 2.39. The third-order valence-electron chi connectivity index (χ3n) is 2.32. The van der Waals surface area contributed by atoms with Crippen molar-refractivity contribution in [3.05, 3.63) is 54.0 Å². The van der Waals surface area contributed by atoms with Crippen molar-refractivity contribution in [2.75, 3.05) is 7.11 Å². The van der Waals surface area contributed by atoms with Gasteiger partial charge >= 0.3 is 5.97 Å². The van der Waals surface area contributed by atoms with Crippen LogP contribution < -0.4 is 0 Å². The zero-order chi connectivity index (χ0) is 12.3. The number of carbonyl (C=O) groups is 1. The fourth-order valence-corrected chi connectivity index (χ4v) is 1.45. The second-order valence-corrected chi connectivity index (χ2v) is 3.43. The van der Waals surface area contributed by atoms with Crippen LogP contribution in [0, 0.1) is 5.82 Å². The summed E-state index contributed by atoms with van der Waals surface area (Å²) in [4.78, 5) is 15.5. The molecule has 94 valence electrons. The van der Waals surface area contributed by atoms with Gasteiger partial charge in [0.25, 0.3) is 0 Å². The number of carbonyl (C=O) groups excluding carboxylic acids is 1. The number of benzene rings is 1. The van der Waals surface area contributed by atoms with Gasteiger partial charge in [-0.15, -0.1) is 12.4 Å². The molecule has 0 saturated carbocycles. The van der Waals surface area contributed by atoms with Crippen LogP contribution in [0.5, 0.6) is 0 Å². The van der Waals surface area contributed by atoms with Crippen molar-refractivity contribution in [1.82, 2.24) is 4.98 Å². The number of pyridine rings is 1. The maximum Gasteiger partial charge on any atom is 0.337 e. The van der Waals surface area contributed by atoms with Gasteiger partial charge in [-0.3, -0.25) is 4.98 Å². The van der Waals surface area contributed by atoms with Crippen LogP contribution in [0.1, 0.15) is 10.4 Å². The van der Waals surface area contributed by atoms with E-state index in [1.807, 2.05) is 0 Å². The fraction of sp³-hybridized carbons (Fsp3) is 0.0769. The summed E-state index contributed by atoms with van der Waals surface area (Å²) in [6.07, 6.45) is 1.52. The normalized spacial score (nSPS) is 9.44. The number of methoxy groups -OCH3 is 1. The summed E-state index contributed by atoms with van der Waals surface area (Å²) in [7, 11) is 1.32.